The van der Waals surface area contributed by atoms with Gasteiger partial charge in [-0.05, 0) is 75.6 Å². The monoisotopic (exact) mass is 406 g/mol. The zero-order valence-corrected chi connectivity index (χ0v) is 17.7. The Morgan fingerprint density at radius 2 is 2.22 bits per heavy atom. The number of hydrogen-bond acceptors (Lipinski definition) is 7. The van der Waals surface area contributed by atoms with Crippen molar-refractivity contribution in [2.45, 2.75) is 40.3 Å². The van der Waals surface area contributed by atoms with Gasteiger partial charge in [-0.15, -0.1) is 5.10 Å². The zero-order chi connectivity index (χ0) is 19.4. The second-order valence-electron chi connectivity index (χ2n) is 6.91. The largest absolute Gasteiger partial charge is 0.466 e. The van der Waals surface area contributed by atoms with Crippen molar-refractivity contribution < 1.29 is 9.53 Å². The molecule has 1 aromatic heterocycles. The van der Waals surface area contributed by atoms with Crippen molar-refractivity contribution in [3.8, 4) is 0 Å². The molecule has 8 heteroatoms. The lowest BCUT2D eigenvalue weighted by Gasteiger charge is -2.31. The van der Waals surface area contributed by atoms with E-state index in [1.807, 2.05) is 17.7 Å². The average Bonchev–Trinajstić information content (AvgIpc) is 2.97. The second kappa shape index (κ2) is 8.95. The molecule has 27 heavy (non-hydrogen) atoms. The molecule has 6 nitrogen and oxygen atoms in total. The Balaban J connectivity index is 1.65. The molecular weight excluding hydrogens is 380 g/mol. The van der Waals surface area contributed by atoms with Crippen molar-refractivity contribution in [3.05, 3.63) is 33.3 Å². The van der Waals surface area contributed by atoms with Crippen LogP contribution in [0.1, 0.15) is 30.9 Å². The summed E-state index contributed by atoms with van der Waals surface area (Å²) in [7, 11) is 0. The number of hydrogen-bond donors (Lipinski definition) is 1. The highest BCUT2D eigenvalue weighted by molar-refractivity contribution is 7.73. The first kappa shape index (κ1) is 20.0. The Kier molecular flexibility index (Phi) is 6.62. The summed E-state index contributed by atoms with van der Waals surface area (Å²) in [4.78, 5) is 14.2. The lowest BCUT2D eigenvalue weighted by molar-refractivity contribution is -0.150. The van der Waals surface area contributed by atoms with E-state index in [0.29, 0.717) is 19.8 Å². The minimum absolute atomic E-state index is 0.0559. The number of carbonyl (C=O) groups is 1. The van der Waals surface area contributed by atoms with E-state index in [1.165, 1.54) is 22.5 Å². The van der Waals surface area contributed by atoms with Crippen LogP contribution < -0.4 is 5.32 Å². The quantitative estimate of drug-likeness (QED) is 0.571. The number of piperidine rings is 1. The molecule has 1 N–H and O–H groups in total. The van der Waals surface area contributed by atoms with Gasteiger partial charge in [0.2, 0.25) is 5.13 Å². The standard InChI is InChI=1S/C19H26N4O2S2/c1-4-25-17(24)15-6-5-9-22(11-15)12-23-19(26)27-18(21-23)20-16-8-7-13(2)14(3)10-16/h7-8,10,15H,4-6,9,11-12H2,1-3H3,(H,20,21). The van der Waals surface area contributed by atoms with Crippen molar-refractivity contribution >= 4 is 40.3 Å². The fraction of sp³-hybridized carbons (Fsp3) is 0.526. The maximum Gasteiger partial charge on any atom is 0.310 e. The number of aromatic nitrogens is 2. The van der Waals surface area contributed by atoms with Crippen LogP contribution >= 0.6 is 23.6 Å². The average molecular weight is 407 g/mol. The number of nitrogens with zero attached hydrogens (tertiary/aromatic N) is 3. The number of ether oxygens (including phenoxy) is 1. The van der Waals surface area contributed by atoms with Gasteiger partial charge < -0.3 is 10.1 Å². The van der Waals surface area contributed by atoms with E-state index in [-0.39, 0.29) is 11.9 Å². The van der Waals surface area contributed by atoms with Gasteiger partial charge in [-0.2, -0.15) is 0 Å². The molecule has 2 aromatic rings. The third-order valence-electron chi connectivity index (χ3n) is 4.82. The van der Waals surface area contributed by atoms with E-state index in [0.717, 1.165) is 34.2 Å². The molecule has 1 aliphatic heterocycles. The Labute approximate surface area is 169 Å². The van der Waals surface area contributed by atoms with Crippen LogP contribution in [0.25, 0.3) is 0 Å². The van der Waals surface area contributed by atoms with Crippen LogP contribution in [-0.2, 0) is 16.2 Å². The number of likely N-dealkylation sites (tertiary alicyclic amines) is 1. The van der Waals surface area contributed by atoms with E-state index in [4.69, 9.17) is 17.0 Å². The van der Waals surface area contributed by atoms with E-state index in [9.17, 15) is 4.79 Å². The smallest absolute Gasteiger partial charge is 0.310 e. The molecule has 2 heterocycles. The summed E-state index contributed by atoms with van der Waals surface area (Å²) in [5.41, 5.74) is 3.51. The van der Waals surface area contributed by atoms with Crippen LogP contribution in [0.15, 0.2) is 18.2 Å². The highest BCUT2D eigenvalue weighted by Crippen LogP contribution is 2.23. The van der Waals surface area contributed by atoms with Gasteiger partial charge >= 0.3 is 5.97 Å². The maximum atomic E-state index is 12.0. The fourth-order valence-corrected chi connectivity index (χ4v) is 4.23. The number of rotatable bonds is 6. The lowest BCUT2D eigenvalue weighted by atomic mass is 9.99. The topological polar surface area (TPSA) is 59.4 Å². The molecule has 0 bridgehead atoms. The van der Waals surface area contributed by atoms with Gasteiger partial charge in [-0.3, -0.25) is 9.69 Å². The molecule has 0 amide bonds. The highest BCUT2D eigenvalue weighted by Gasteiger charge is 2.27. The Bertz CT molecular complexity index is 862. The first-order valence-electron chi connectivity index (χ1n) is 9.27. The summed E-state index contributed by atoms with van der Waals surface area (Å²) in [6, 6.07) is 6.25. The second-order valence-corrected chi connectivity index (χ2v) is 8.53. The molecule has 0 saturated carbocycles. The van der Waals surface area contributed by atoms with Crippen molar-refractivity contribution in [1.82, 2.24) is 14.7 Å². The number of esters is 1. The highest BCUT2D eigenvalue weighted by atomic mass is 32.1. The minimum Gasteiger partial charge on any atom is -0.466 e. The number of aryl methyl sites for hydroxylation is 2. The summed E-state index contributed by atoms with van der Waals surface area (Å²) in [6.07, 6.45) is 1.87. The van der Waals surface area contributed by atoms with Crippen LogP contribution in [0.2, 0.25) is 0 Å². The number of nitrogens with one attached hydrogen (secondary N) is 1. The van der Waals surface area contributed by atoms with Crippen LogP contribution in [0.5, 0.6) is 0 Å². The summed E-state index contributed by atoms with van der Waals surface area (Å²) in [5, 5.41) is 8.74. The molecular formula is C19H26N4O2S2. The molecule has 1 unspecified atom stereocenters. The Morgan fingerprint density at radius 1 is 1.41 bits per heavy atom. The molecule has 0 aliphatic carbocycles. The van der Waals surface area contributed by atoms with E-state index in [1.54, 1.807) is 0 Å². The summed E-state index contributed by atoms with van der Waals surface area (Å²) < 4.78 is 7.73. The van der Waals surface area contributed by atoms with E-state index in [2.05, 4.69) is 41.3 Å². The summed E-state index contributed by atoms with van der Waals surface area (Å²) in [6.45, 7) is 8.70. The molecule has 1 aromatic carbocycles. The summed E-state index contributed by atoms with van der Waals surface area (Å²) in [5.74, 6) is -0.152. The predicted octanol–water partition coefficient (Wildman–Crippen LogP) is 4.27. The maximum absolute atomic E-state index is 12.0. The molecule has 1 saturated heterocycles. The third kappa shape index (κ3) is 5.15. The third-order valence-corrected chi connectivity index (χ3v) is 6.05. The van der Waals surface area contributed by atoms with Gasteiger partial charge in [0.15, 0.2) is 3.95 Å². The van der Waals surface area contributed by atoms with Gasteiger partial charge in [0.1, 0.15) is 0 Å². The Hall–Kier alpha value is -1.77. The van der Waals surface area contributed by atoms with Crippen LogP contribution in [0, 0.1) is 23.7 Å². The first-order valence-corrected chi connectivity index (χ1v) is 10.5. The van der Waals surface area contributed by atoms with Gasteiger partial charge in [-0.1, -0.05) is 17.4 Å². The fourth-order valence-electron chi connectivity index (χ4n) is 3.21. The number of anilines is 2. The summed E-state index contributed by atoms with van der Waals surface area (Å²) >= 11 is 6.95. The zero-order valence-electron chi connectivity index (χ0n) is 16.0. The van der Waals surface area contributed by atoms with Crippen LogP contribution in [-0.4, -0.2) is 40.3 Å². The van der Waals surface area contributed by atoms with Crippen molar-refractivity contribution in [2.75, 3.05) is 25.0 Å². The number of benzene rings is 1. The lowest BCUT2D eigenvalue weighted by Crippen LogP contribution is -2.40. The van der Waals surface area contributed by atoms with Gasteiger partial charge in [0, 0.05) is 12.2 Å². The molecule has 1 atom stereocenters. The van der Waals surface area contributed by atoms with Gasteiger partial charge in [0.25, 0.3) is 0 Å². The number of carbonyl (C=O) groups excluding carboxylic acids is 1. The normalized spacial score (nSPS) is 17.7. The SMILES string of the molecule is CCOC(=O)C1CCCN(Cn2nc(Nc3ccc(C)c(C)c3)sc2=S)C1. The first-order chi connectivity index (χ1) is 13.0. The molecule has 0 radical (unpaired) electrons. The van der Waals surface area contributed by atoms with Gasteiger partial charge in [0.05, 0.1) is 19.2 Å². The molecule has 146 valence electrons. The van der Waals surface area contributed by atoms with Crippen molar-refractivity contribution in [2.24, 2.45) is 5.92 Å². The molecule has 0 spiro atoms. The molecule has 1 aliphatic rings. The van der Waals surface area contributed by atoms with Crippen LogP contribution in [0.3, 0.4) is 0 Å². The minimum atomic E-state index is -0.0961. The van der Waals surface area contributed by atoms with E-state index < -0.39 is 0 Å². The molecule has 3 rings (SSSR count). The van der Waals surface area contributed by atoms with Crippen molar-refractivity contribution in [3.63, 3.8) is 0 Å². The van der Waals surface area contributed by atoms with Gasteiger partial charge in [-0.25, -0.2) is 4.68 Å². The molecule has 1 fully saturated rings. The van der Waals surface area contributed by atoms with E-state index >= 15 is 0 Å². The van der Waals surface area contributed by atoms with Crippen LogP contribution in [0.4, 0.5) is 10.8 Å². The van der Waals surface area contributed by atoms with Crippen molar-refractivity contribution in [1.29, 1.82) is 0 Å². The Morgan fingerprint density at radius 3 is 2.96 bits per heavy atom. The predicted molar refractivity (Wildman–Crippen MR) is 111 cm³/mol.